The van der Waals surface area contributed by atoms with Crippen molar-refractivity contribution in [3.8, 4) is 6.07 Å². The van der Waals surface area contributed by atoms with E-state index in [0.29, 0.717) is 11.3 Å². The number of rotatable bonds is 4. The molecule has 2 heterocycles. The van der Waals surface area contributed by atoms with Crippen LogP contribution in [0.2, 0.25) is 0 Å². The third-order valence-corrected chi connectivity index (χ3v) is 4.21. The number of nitrogens with one attached hydrogen (secondary N) is 1. The molecule has 1 aliphatic rings. The normalized spacial score (nSPS) is 14.8. The number of aromatic nitrogens is 1. The van der Waals surface area contributed by atoms with Gasteiger partial charge >= 0.3 is 0 Å². The van der Waals surface area contributed by atoms with Gasteiger partial charge in [0.1, 0.15) is 23.4 Å². The van der Waals surface area contributed by atoms with Crippen molar-refractivity contribution in [1.29, 1.82) is 5.26 Å². The van der Waals surface area contributed by atoms with Crippen LogP contribution in [-0.4, -0.2) is 29.0 Å². The van der Waals surface area contributed by atoms with Crippen LogP contribution in [0.3, 0.4) is 0 Å². The van der Waals surface area contributed by atoms with E-state index in [-0.39, 0.29) is 11.7 Å². The van der Waals surface area contributed by atoms with Crippen LogP contribution < -0.4 is 10.2 Å². The monoisotopic (exact) mass is 341 g/mol. The van der Waals surface area contributed by atoms with Gasteiger partial charge in [0.15, 0.2) is 0 Å². The van der Waals surface area contributed by atoms with Gasteiger partial charge in [0, 0.05) is 25.3 Å². The summed E-state index contributed by atoms with van der Waals surface area (Å²) < 4.78 is 13.2. The van der Waals surface area contributed by atoms with E-state index < -0.39 is 10.7 Å². The van der Waals surface area contributed by atoms with E-state index in [1.165, 1.54) is 12.1 Å². The zero-order chi connectivity index (χ0) is 17.8. The summed E-state index contributed by atoms with van der Waals surface area (Å²) in [6.45, 7) is 1.48. The summed E-state index contributed by atoms with van der Waals surface area (Å²) in [6, 6.07) is 9.20. The average Bonchev–Trinajstić information content (AvgIpc) is 2.64. The number of anilines is 2. The minimum absolute atomic E-state index is 0.0683. The van der Waals surface area contributed by atoms with E-state index in [0.717, 1.165) is 37.8 Å². The number of nitriles is 1. The molecule has 0 atom stereocenters. The third-order valence-electron chi connectivity index (χ3n) is 4.21. The molecule has 0 bridgehead atoms. The molecule has 1 N–H and O–H groups in total. The highest BCUT2D eigenvalue weighted by molar-refractivity contribution is 5.62. The molecule has 0 unspecified atom stereocenters. The van der Waals surface area contributed by atoms with E-state index in [4.69, 9.17) is 5.26 Å². The molecule has 25 heavy (non-hydrogen) atoms. The molecule has 1 saturated heterocycles. The molecule has 0 aliphatic carbocycles. The van der Waals surface area contributed by atoms with Gasteiger partial charge in [-0.3, -0.25) is 10.1 Å². The van der Waals surface area contributed by atoms with Crippen molar-refractivity contribution in [2.45, 2.75) is 18.9 Å². The predicted molar refractivity (Wildman–Crippen MR) is 90.9 cm³/mol. The first-order valence-corrected chi connectivity index (χ1v) is 7.88. The maximum absolute atomic E-state index is 13.2. The minimum atomic E-state index is -0.626. The van der Waals surface area contributed by atoms with Gasteiger partial charge < -0.3 is 10.2 Å². The molecule has 7 nitrogen and oxygen atoms in total. The van der Waals surface area contributed by atoms with Crippen molar-refractivity contribution >= 4 is 17.2 Å². The smallest absolute Gasteiger partial charge is 0.295 e. The quantitative estimate of drug-likeness (QED) is 0.678. The number of nitrogens with zero attached hydrogens (tertiary/aromatic N) is 4. The second-order valence-electron chi connectivity index (χ2n) is 5.84. The van der Waals surface area contributed by atoms with Crippen LogP contribution >= 0.6 is 0 Å². The molecule has 1 aromatic carbocycles. The summed E-state index contributed by atoms with van der Waals surface area (Å²) in [5.41, 5.74) is 0.599. The molecule has 0 radical (unpaired) electrons. The molecule has 0 amide bonds. The zero-order valence-corrected chi connectivity index (χ0v) is 13.4. The molecule has 0 saturated carbocycles. The van der Waals surface area contributed by atoms with Crippen molar-refractivity contribution in [3.05, 3.63) is 58.0 Å². The van der Waals surface area contributed by atoms with Crippen LogP contribution in [0, 0.1) is 27.3 Å². The molecule has 1 aromatic heterocycles. The highest BCUT2D eigenvalue weighted by Crippen LogP contribution is 2.28. The second-order valence-corrected chi connectivity index (χ2v) is 5.84. The number of halogens is 1. The molecule has 8 heteroatoms. The number of nitro groups is 1. The molecule has 2 aromatic rings. The number of hydrogen-bond donors (Lipinski definition) is 1. The van der Waals surface area contributed by atoms with Crippen LogP contribution in [0.15, 0.2) is 36.5 Å². The maximum Gasteiger partial charge on any atom is 0.295 e. The first-order chi connectivity index (χ1) is 12.1. The van der Waals surface area contributed by atoms with Crippen molar-refractivity contribution in [2.24, 2.45) is 0 Å². The summed E-state index contributed by atoms with van der Waals surface area (Å²) >= 11 is 0. The Morgan fingerprint density at radius 2 is 2.08 bits per heavy atom. The van der Waals surface area contributed by atoms with Gasteiger partial charge in [0.25, 0.3) is 5.69 Å². The van der Waals surface area contributed by atoms with Crippen LogP contribution in [0.1, 0.15) is 18.4 Å². The Hall–Kier alpha value is -3.21. The fourth-order valence-electron chi connectivity index (χ4n) is 2.89. The molecular weight excluding hydrogens is 325 g/mol. The van der Waals surface area contributed by atoms with Gasteiger partial charge in [-0.05, 0) is 37.1 Å². The third kappa shape index (κ3) is 3.83. The van der Waals surface area contributed by atoms with Gasteiger partial charge in [0.2, 0.25) is 0 Å². The summed E-state index contributed by atoms with van der Waals surface area (Å²) in [5, 5.41) is 23.0. The predicted octanol–water partition coefficient (Wildman–Crippen LogP) is 3.08. The van der Waals surface area contributed by atoms with Crippen molar-refractivity contribution < 1.29 is 9.31 Å². The fraction of sp³-hybridized carbons (Fsp3) is 0.294. The van der Waals surface area contributed by atoms with Gasteiger partial charge in [-0.15, -0.1) is 0 Å². The molecular formula is C17H16FN5O2. The molecule has 1 aliphatic heterocycles. The lowest BCUT2D eigenvalue weighted by Gasteiger charge is -2.33. The Morgan fingerprint density at radius 1 is 1.32 bits per heavy atom. The standard InChI is InChI=1S/C17H16FN5O2/c18-13-2-3-15(16(9-13)23(24)25)21-14-5-7-22(8-6-14)17-4-1-12(10-19)11-20-17/h1-4,9,11,14,21H,5-8H2. The highest BCUT2D eigenvalue weighted by Gasteiger charge is 2.23. The number of nitro benzene ring substituents is 1. The summed E-state index contributed by atoms with van der Waals surface area (Å²) in [4.78, 5) is 16.9. The van der Waals surface area contributed by atoms with Gasteiger partial charge in [0.05, 0.1) is 16.6 Å². The number of piperidine rings is 1. The fourth-order valence-corrected chi connectivity index (χ4v) is 2.89. The zero-order valence-electron chi connectivity index (χ0n) is 13.4. The van der Waals surface area contributed by atoms with E-state index >= 15 is 0 Å². The molecule has 1 fully saturated rings. The van der Waals surface area contributed by atoms with Crippen molar-refractivity contribution in [2.75, 3.05) is 23.3 Å². The first kappa shape index (κ1) is 16.6. The van der Waals surface area contributed by atoms with E-state index in [1.54, 1.807) is 12.3 Å². The van der Waals surface area contributed by atoms with Crippen molar-refractivity contribution in [3.63, 3.8) is 0 Å². The molecule has 0 spiro atoms. The second kappa shape index (κ2) is 7.13. The van der Waals surface area contributed by atoms with Crippen LogP contribution in [0.5, 0.6) is 0 Å². The Bertz CT molecular complexity index is 811. The lowest BCUT2D eigenvalue weighted by molar-refractivity contribution is -0.384. The lowest BCUT2D eigenvalue weighted by Crippen LogP contribution is -2.39. The van der Waals surface area contributed by atoms with Crippen LogP contribution in [-0.2, 0) is 0 Å². The Balaban J connectivity index is 1.63. The minimum Gasteiger partial charge on any atom is -0.377 e. The van der Waals surface area contributed by atoms with Crippen molar-refractivity contribution in [1.82, 2.24) is 4.98 Å². The first-order valence-electron chi connectivity index (χ1n) is 7.88. The largest absolute Gasteiger partial charge is 0.377 e. The molecule has 3 rings (SSSR count). The summed E-state index contributed by atoms with van der Waals surface area (Å²) in [7, 11) is 0. The van der Waals surface area contributed by atoms with Crippen LogP contribution in [0.25, 0.3) is 0 Å². The highest BCUT2D eigenvalue weighted by atomic mass is 19.1. The van der Waals surface area contributed by atoms with Gasteiger partial charge in [-0.2, -0.15) is 5.26 Å². The summed E-state index contributed by atoms with van der Waals surface area (Å²) in [5.74, 6) is 0.184. The van der Waals surface area contributed by atoms with Gasteiger partial charge in [-0.1, -0.05) is 0 Å². The van der Waals surface area contributed by atoms with E-state index in [9.17, 15) is 14.5 Å². The summed E-state index contributed by atoms with van der Waals surface area (Å²) in [6.07, 6.45) is 3.09. The SMILES string of the molecule is N#Cc1ccc(N2CCC(Nc3ccc(F)cc3[N+](=O)[O-])CC2)nc1. The topological polar surface area (TPSA) is 95.1 Å². The maximum atomic E-state index is 13.2. The van der Waals surface area contributed by atoms with Crippen LogP contribution in [0.4, 0.5) is 21.6 Å². The Labute approximate surface area is 143 Å². The number of pyridine rings is 1. The van der Waals surface area contributed by atoms with Gasteiger partial charge in [-0.25, -0.2) is 9.37 Å². The number of hydrogen-bond acceptors (Lipinski definition) is 6. The lowest BCUT2D eigenvalue weighted by atomic mass is 10.0. The van der Waals surface area contributed by atoms with E-state index in [1.807, 2.05) is 12.1 Å². The Kier molecular flexibility index (Phi) is 4.75. The Morgan fingerprint density at radius 3 is 2.68 bits per heavy atom. The number of benzene rings is 1. The molecule has 128 valence electrons. The average molecular weight is 341 g/mol. The van der Waals surface area contributed by atoms with E-state index in [2.05, 4.69) is 15.2 Å².